The van der Waals surface area contributed by atoms with Gasteiger partial charge in [0.05, 0.1) is 11.5 Å². The first-order valence-corrected chi connectivity index (χ1v) is 6.20. The van der Waals surface area contributed by atoms with Gasteiger partial charge >= 0.3 is 11.9 Å². The molecule has 0 spiro atoms. The molecule has 0 aromatic heterocycles. The summed E-state index contributed by atoms with van der Waals surface area (Å²) in [6.07, 6.45) is 0.497. The highest BCUT2D eigenvalue weighted by Gasteiger charge is 2.30. The van der Waals surface area contributed by atoms with Crippen molar-refractivity contribution < 1.29 is 19.8 Å². The fourth-order valence-electron chi connectivity index (χ4n) is 2.49. The van der Waals surface area contributed by atoms with E-state index in [2.05, 4.69) is 5.32 Å². The van der Waals surface area contributed by atoms with Crippen LogP contribution in [-0.4, -0.2) is 28.7 Å². The van der Waals surface area contributed by atoms with Crippen molar-refractivity contribution in [3.8, 4) is 0 Å². The third-order valence-electron chi connectivity index (χ3n) is 3.80. The van der Waals surface area contributed by atoms with E-state index in [1.165, 1.54) is 0 Å². The number of carbonyl (C=O) groups is 2. The van der Waals surface area contributed by atoms with Crippen molar-refractivity contribution >= 4 is 11.9 Å². The zero-order chi connectivity index (χ0) is 14.2. The highest BCUT2D eigenvalue weighted by Crippen LogP contribution is 2.29. The Kier molecular flexibility index (Phi) is 3.57. The molecular weight excluding hydrogens is 246 g/mol. The normalized spacial score (nSPS) is 22.4. The molecule has 0 saturated carbocycles. The van der Waals surface area contributed by atoms with Crippen LogP contribution in [0.25, 0.3) is 0 Å². The molecule has 102 valence electrons. The first kappa shape index (κ1) is 13.5. The number of benzene rings is 1. The van der Waals surface area contributed by atoms with Gasteiger partial charge in [0, 0.05) is 12.6 Å². The SMILES string of the molecule is Cc1cc(C2CC(C(=O)O)CN2)cc(C(=O)O)c1C. The van der Waals surface area contributed by atoms with Crippen molar-refractivity contribution in [3.05, 3.63) is 34.4 Å². The van der Waals surface area contributed by atoms with Gasteiger partial charge in [0.1, 0.15) is 0 Å². The van der Waals surface area contributed by atoms with Gasteiger partial charge < -0.3 is 15.5 Å². The minimum Gasteiger partial charge on any atom is -0.481 e. The van der Waals surface area contributed by atoms with Gasteiger partial charge in [-0.3, -0.25) is 4.79 Å². The lowest BCUT2D eigenvalue weighted by Crippen LogP contribution is -2.17. The van der Waals surface area contributed by atoms with Crippen LogP contribution in [0.1, 0.15) is 39.5 Å². The van der Waals surface area contributed by atoms with Crippen LogP contribution in [0.3, 0.4) is 0 Å². The molecule has 2 atom stereocenters. The van der Waals surface area contributed by atoms with Crippen molar-refractivity contribution in [1.82, 2.24) is 5.32 Å². The van der Waals surface area contributed by atoms with Gasteiger partial charge in [0.2, 0.25) is 0 Å². The topological polar surface area (TPSA) is 86.6 Å². The molecule has 2 rings (SSSR count). The summed E-state index contributed by atoms with van der Waals surface area (Å²) < 4.78 is 0. The molecule has 0 amide bonds. The highest BCUT2D eigenvalue weighted by molar-refractivity contribution is 5.90. The van der Waals surface area contributed by atoms with Crippen LogP contribution in [0, 0.1) is 19.8 Å². The minimum atomic E-state index is -0.949. The van der Waals surface area contributed by atoms with E-state index in [-0.39, 0.29) is 11.6 Å². The van der Waals surface area contributed by atoms with Crippen LogP contribution in [0.15, 0.2) is 12.1 Å². The fraction of sp³-hybridized carbons (Fsp3) is 0.429. The summed E-state index contributed by atoms with van der Waals surface area (Å²) >= 11 is 0. The van der Waals surface area contributed by atoms with Crippen LogP contribution >= 0.6 is 0 Å². The number of carboxylic acids is 2. The molecule has 19 heavy (non-hydrogen) atoms. The van der Waals surface area contributed by atoms with Gasteiger partial charge in [-0.25, -0.2) is 4.79 Å². The van der Waals surface area contributed by atoms with Crippen molar-refractivity contribution in [3.63, 3.8) is 0 Å². The minimum absolute atomic E-state index is 0.0847. The van der Waals surface area contributed by atoms with Gasteiger partial charge in [0.15, 0.2) is 0 Å². The number of hydrogen-bond acceptors (Lipinski definition) is 3. The molecule has 1 fully saturated rings. The zero-order valence-electron chi connectivity index (χ0n) is 10.9. The second-order valence-electron chi connectivity index (χ2n) is 5.05. The van der Waals surface area contributed by atoms with Crippen LogP contribution in [0.4, 0.5) is 0 Å². The molecule has 5 heteroatoms. The van der Waals surface area contributed by atoms with Crippen molar-refractivity contribution in [2.75, 3.05) is 6.54 Å². The van der Waals surface area contributed by atoms with E-state index < -0.39 is 17.9 Å². The molecule has 0 radical (unpaired) electrons. The predicted molar refractivity (Wildman–Crippen MR) is 69.4 cm³/mol. The maximum Gasteiger partial charge on any atom is 0.335 e. The molecule has 1 saturated heterocycles. The van der Waals surface area contributed by atoms with Crippen LogP contribution in [-0.2, 0) is 4.79 Å². The molecule has 5 nitrogen and oxygen atoms in total. The molecule has 3 N–H and O–H groups in total. The zero-order valence-corrected chi connectivity index (χ0v) is 10.9. The quantitative estimate of drug-likeness (QED) is 0.773. The number of hydrogen-bond donors (Lipinski definition) is 3. The lowest BCUT2D eigenvalue weighted by molar-refractivity contribution is -0.141. The van der Waals surface area contributed by atoms with Gasteiger partial charge in [0.25, 0.3) is 0 Å². The number of aryl methyl sites for hydroxylation is 1. The Morgan fingerprint density at radius 1 is 1.26 bits per heavy atom. The van der Waals surface area contributed by atoms with E-state index in [0.29, 0.717) is 13.0 Å². The predicted octanol–water partition coefficient (Wildman–Crippen LogP) is 1.74. The Balaban J connectivity index is 2.32. The summed E-state index contributed by atoms with van der Waals surface area (Å²) in [6, 6.07) is 3.49. The summed E-state index contributed by atoms with van der Waals surface area (Å²) in [6.45, 7) is 4.08. The summed E-state index contributed by atoms with van der Waals surface area (Å²) in [5, 5.41) is 21.3. The fourth-order valence-corrected chi connectivity index (χ4v) is 2.49. The van der Waals surface area contributed by atoms with E-state index >= 15 is 0 Å². The molecular formula is C14H17NO4. The summed E-state index contributed by atoms with van der Waals surface area (Å²) in [4.78, 5) is 22.1. The van der Waals surface area contributed by atoms with E-state index in [9.17, 15) is 14.7 Å². The summed E-state index contributed by atoms with van der Waals surface area (Å²) in [5.41, 5.74) is 2.80. The van der Waals surface area contributed by atoms with E-state index in [1.54, 1.807) is 13.0 Å². The largest absolute Gasteiger partial charge is 0.481 e. The Bertz CT molecular complexity index is 538. The maximum absolute atomic E-state index is 11.2. The van der Waals surface area contributed by atoms with Crippen LogP contribution < -0.4 is 5.32 Å². The molecule has 0 aliphatic carbocycles. The Morgan fingerprint density at radius 2 is 1.95 bits per heavy atom. The molecule has 1 aliphatic rings. The highest BCUT2D eigenvalue weighted by atomic mass is 16.4. The van der Waals surface area contributed by atoms with E-state index in [4.69, 9.17) is 5.11 Å². The number of aromatic carboxylic acids is 1. The average Bonchev–Trinajstić information content (AvgIpc) is 2.81. The third-order valence-corrected chi connectivity index (χ3v) is 3.80. The van der Waals surface area contributed by atoms with Gasteiger partial charge in [-0.15, -0.1) is 0 Å². The molecule has 1 heterocycles. The molecule has 1 aromatic carbocycles. The first-order valence-electron chi connectivity index (χ1n) is 6.20. The summed E-state index contributed by atoms with van der Waals surface area (Å²) in [7, 11) is 0. The first-order chi connectivity index (χ1) is 8.90. The molecule has 1 aromatic rings. The Hall–Kier alpha value is -1.88. The van der Waals surface area contributed by atoms with Gasteiger partial charge in [-0.2, -0.15) is 0 Å². The van der Waals surface area contributed by atoms with E-state index in [1.807, 2.05) is 13.0 Å². The van der Waals surface area contributed by atoms with Gasteiger partial charge in [-0.1, -0.05) is 6.07 Å². The average molecular weight is 263 g/mol. The second kappa shape index (κ2) is 5.01. The molecule has 2 unspecified atom stereocenters. The van der Waals surface area contributed by atoms with Crippen molar-refractivity contribution in [2.24, 2.45) is 5.92 Å². The number of nitrogens with one attached hydrogen (secondary N) is 1. The second-order valence-corrected chi connectivity index (χ2v) is 5.05. The van der Waals surface area contributed by atoms with E-state index in [0.717, 1.165) is 16.7 Å². The number of aliphatic carboxylic acids is 1. The monoisotopic (exact) mass is 263 g/mol. The lowest BCUT2D eigenvalue weighted by Gasteiger charge is -2.15. The third kappa shape index (κ3) is 2.61. The molecule has 1 aliphatic heterocycles. The smallest absolute Gasteiger partial charge is 0.335 e. The van der Waals surface area contributed by atoms with Crippen molar-refractivity contribution in [1.29, 1.82) is 0 Å². The number of carboxylic acid groups (broad SMARTS) is 2. The number of rotatable bonds is 3. The Morgan fingerprint density at radius 3 is 2.47 bits per heavy atom. The maximum atomic E-state index is 11.2. The Labute approximate surface area is 111 Å². The van der Waals surface area contributed by atoms with Crippen molar-refractivity contribution in [2.45, 2.75) is 26.3 Å². The van der Waals surface area contributed by atoms with Gasteiger partial charge in [-0.05, 0) is 43.0 Å². The molecule has 0 bridgehead atoms. The van der Waals surface area contributed by atoms with Crippen LogP contribution in [0.5, 0.6) is 0 Å². The lowest BCUT2D eigenvalue weighted by atomic mass is 9.94. The standard InChI is InChI=1S/C14H17NO4/c1-7-3-9(4-11(8(7)2)14(18)19)12-5-10(6-15-12)13(16)17/h3-4,10,12,15H,5-6H2,1-2H3,(H,16,17)(H,18,19). The summed E-state index contributed by atoms with van der Waals surface area (Å²) in [5.74, 6) is -2.16. The van der Waals surface area contributed by atoms with Crippen LogP contribution in [0.2, 0.25) is 0 Å².